The topological polar surface area (TPSA) is 110 Å². The maximum Gasteiger partial charge on any atom is 0.270 e. The number of aryl methyl sites for hydroxylation is 1. The van der Waals surface area contributed by atoms with Crippen LogP contribution in [0.2, 0.25) is 0 Å². The molecule has 0 fully saturated rings. The molecule has 0 spiro atoms. The van der Waals surface area contributed by atoms with Crippen LogP contribution in [0.25, 0.3) is 16.9 Å². The van der Waals surface area contributed by atoms with Crippen LogP contribution in [0.15, 0.2) is 84.9 Å². The van der Waals surface area contributed by atoms with Gasteiger partial charge in [0.25, 0.3) is 11.6 Å². The molecule has 0 bridgehead atoms. The minimum Gasteiger partial charge on any atom is -0.329 e. The molecule has 0 aliphatic carbocycles. The SMILES string of the molecule is Cc1ccc(-n2nc(-c3ccccc3)cc2NC(=O)CN(CC(C)C)C(=O)c2cccc([N+](=O)[O-])c2)cc1. The number of hydrogen-bond acceptors (Lipinski definition) is 5. The van der Waals surface area contributed by atoms with Gasteiger partial charge in [0.1, 0.15) is 12.4 Å². The van der Waals surface area contributed by atoms with Crippen molar-refractivity contribution in [3.63, 3.8) is 0 Å². The molecule has 0 radical (unpaired) electrons. The summed E-state index contributed by atoms with van der Waals surface area (Å²) in [7, 11) is 0. The van der Waals surface area contributed by atoms with Gasteiger partial charge in [0, 0.05) is 35.9 Å². The van der Waals surface area contributed by atoms with Crippen molar-refractivity contribution in [1.82, 2.24) is 14.7 Å². The van der Waals surface area contributed by atoms with Gasteiger partial charge in [-0.25, -0.2) is 4.68 Å². The van der Waals surface area contributed by atoms with Crippen LogP contribution in [0, 0.1) is 23.0 Å². The molecule has 0 atom stereocenters. The van der Waals surface area contributed by atoms with Crippen molar-refractivity contribution in [3.8, 4) is 16.9 Å². The van der Waals surface area contributed by atoms with E-state index in [4.69, 9.17) is 5.10 Å². The Balaban J connectivity index is 1.61. The van der Waals surface area contributed by atoms with Gasteiger partial charge in [0.15, 0.2) is 0 Å². The molecule has 194 valence electrons. The molecule has 4 aromatic rings. The first-order valence-corrected chi connectivity index (χ1v) is 12.3. The summed E-state index contributed by atoms with van der Waals surface area (Å²) in [6.07, 6.45) is 0. The van der Waals surface area contributed by atoms with Crippen LogP contribution in [-0.2, 0) is 4.79 Å². The number of amides is 2. The van der Waals surface area contributed by atoms with Crippen LogP contribution in [-0.4, -0.2) is 44.5 Å². The van der Waals surface area contributed by atoms with E-state index in [-0.39, 0.29) is 23.7 Å². The van der Waals surface area contributed by atoms with E-state index in [0.717, 1.165) is 16.8 Å². The van der Waals surface area contributed by atoms with E-state index in [1.165, 1.54) is 29.2 Å². The third-order valence-electron chi connectivity index (χ3n) is 5.84. The maximum absolute atomic E-state index is 13.3. The zero-order chi connectivity index (χ0) is 27.2. The van der Waals surface area contributed by atoms with Crippen molar-refractivity contribution in [1.29, 1.82) is 0 Å². The molecule has 4 rings (SSSR count). The average Bonchev–Trinajstić information content (AvgIpc) is 3.32. The molecule has 1 N–H and O–H groups in total. The van der Waals surface area contributed by atoms with Crippen LogP contribution in [0.4, 0.5) is 11.5 Å². The first-order chi connectivity index (χ1) is 18.2. The van der Waals surface area contributed by atoms with Crippen molar-refractivity contribution in [2.24, 2.45) is 5.92 Å². The number of carbonyl (C=O) groups excluding carboxylic acids is 2. The van der Waals surface area contributed by atoms with E-state index in [1.54, 1.807) is 10.7 Å². The van der Waals surface area contributed by atoms with E-state index >= 15 is 0 Å². The summed E-state index contributed by atoms with van der Waals surface area (Å²) in [5, 5.41) is 18.8. The largest absolute Gasteiger partial charge is 0.329 e. The molecule has 0 saturated heterocycles. The third-order valence-corrected chi connectivity index (χ3v) is 5.84. The lowest BCUT2D eigenvalue weighted by Gasteiger charge is -2.24. The third kappa shape index (κ3) is 6.31. The minimum atomic E-state index is -0.549. The van der Waals surface area contributed by atoms with Crippen molar-refractivity contribution < 1.29 is 14.5 Å². The highest BCUT2D eigenvalue weighted by molar-refractivity contribution is 5.99. The van der Waals surface area contributed by atoms with Gasteiger partial charge in [-0.2, -0.15) is 5.10 Å². The van der Waals surface area contributed by atoms with Gasteiger partial charge in [-0.05, 0) is 31.0 Å². The van der Waals surface area contributed by atoms with Gasteiger partial charge in [-0.1, -0.05) is 67.9 Å². The Hall–Kier alpha value is -4.79. The van der Waals surface area contributed by atoms with Crippen LogP contribution in [0.1, 0.15) is 29.8 Å². The monoisotopic (exact) mass is 511 g/mol. The Morgan fingerprint density at radius 2 is 1.71 bits per heavy atom. The van der Waals surface area contributed by atoms with Gasteiger partial charge in [-0.3, -0.25) is 19.7 Å². The second-order valence-corrected chi connectivity index (χ2v) is 9.46. The van der Waals surface area contributed by atoms with Crippen molar-refractivity contribution in [2.75, 3.05) is 18.4 Å². The molecule has 9 nitrogen and oxygen atoms in total. The second-order valence-electron chi connectivity index (χ2n) is 9.46. The molecule has 0 unspecified atom stereocenters. The smallest absolute Gasteiger partial charge is 0.270 e. The summed E-state index contributed by atoms with van der Waals surface area (Å²) in [5.41, 5.74) is 3.44. The van der Waals surface area contributed by atoms with E-state index in [1.807, 2.05) is 75.4 Å². The number of aromatic nitrogens is 2. The highest BCUT2D eigenvalue weighted by Gasteiger charge is 2.23. The number of nitro groups is 1. The zero-order valence-corrected chi connectivity index (χ0v) is 21.5. The first-order valence-electron chi connectivity index (χ1n) is 12.3. The Bertz CT molecular complexity index is 1450. The highest BCUT2D eigenvalue weighted by atomic mass is 16.6. The molecule has 0 saturated carbocycles. The summed E-state index contributed by atoms with van der Waals surface area (Å²) in [4.78, 5) is 38.5. The number of carbonyl (C=O) groups is 2. The van der Waals surface area contributed by atoms with Crippen LogP contribution in [0.3, 0.4) is 0 Å². The lowest BCUT2D eigenvalue weighted by Crippen LogP contribution is -2.40. The molecule has 0 aliphatic heterocycles. The number of nitrogens with zero attached hydrogens (tertiary/aromatic N) is 4. The fraction of sp³-hybridized carbons (Fsp3) is 0.207. The Morgan fingerprint density at radius 3 is 2.37 bits per heavy atom. The Kier molecular flexibility index (Phi) is 7.96. The Morgan fingerprint density at radius 1 is 1.00 bits per heavy atom. The molecule has 0 aliphatic rings. The standard InChI is InChI=1S/C29H29N5O4/c1-20(2)18-32(29(36)23-10-7-11-25(16-23)34(37)38)19-28(35)30-27-17-26(22-8-5-4-6-9-22)31-33(27)24-14-12-21(3)13-15-24/h4-17,20H,18-19H2,1-3H3,(H,30,35). The molecule has 1 heterocycles. The first kappa shape index (κ1) is 26.3. The quantitative estimate of drug-likeness (QED) is 0.236. The molecular formula is C29H29N5O4. The fourth-order valence-corrected chi connectivity index (χ4v) is 4.05. The van der Waals surface area contributed by atoms with Crippen LogP contribution < -0.4 is 5.32 Å². The number of anilines is 1. The molecule has 3 aromatic carbocycles. The summed E-state index contributed by atoms with van der Waals surface area (Å²) in [6.45, 7) is 5.95. The molecular weight excluding hydrogens is 482 g/mol. The fourth-order valence-electron chi connectivity index (χ4n) is 4.05. The van der Waals surface area contributed by atoms with Gasteiger partial charge in [0.05, 0.1) is 16.3 Å². The zero-order valence-electron chi connectivity index (χ0n) is 21.5. The van der Waals surface area contributed by atoms with E-state index in [0.29, 0.717) is 18.1 Å². The normalized spacial score (nSPS) is 10.8. The predicted molar refractivity (Wildman–Crippen MR) is 146 cm³/mol. The van der Waals surface area contributed by atoms with Gasteiger partial charge >= 0.3 is 0 Å². The molecule has 9 heteroatoms. The average molecular weight is 512 g/mol. The van der Waals surface area contributed by atoms with E-state index in [9.17, 15) is 19.7 Å². The minimum absolute atomic E-state index is 0.0771. The number of nitro benzene ring substituents is 1. The number of rotatable bonds is 9. The Labute approximate surface area is 220 Å². The number of non-ortho nitro benzene ring substituents is 1. The van der Waals surface area contributed by atoms with E-state index < -0.39 is 16.7 Å². The number of benzene rings is 3. The summed E-state index contributed by atoms with van der Waals surface area (Å²) in [5.74, 6) is -0.315. The van der Waals surface area contributed by atoms with Crippen molar-refractivity contribution in [3.05, 3.63) is 106 Å². The van der Waals surface area contributed by atoms with Crippen molar-refractivity contribution >= 4 is 23.3 Å². The van der Waals surface area contributed by atoms with E-state index in [2.05, 4.69) is 5.32 Å². The maximum atomic E-state index is 13.3. The van der Waals surface area contributed by atoms with Gasteiger partial charge in [0.2, 0.25) is 5.91 Å². The highest BCUT2D eigenvalue weighted by Crippen LogP contribution is 2.25. The lowest BCUT2D eigenvalue weighted by atomic mass is 10.1. The second kappa shape index (κ2) is 11.5. The number of nitrogens with one attached hydrogen (secondary N) is 1. The summed E-state index contributed by atoms with van der Waals surface area (Å²) >= 11 is 0. The van der Waals surface area contributed by atoms with Gasteiger partial charge < -0.3 is 10.2 Å². The summed E-state index contributed by atoms with van der Waals surface area (Å²) in [6, 6.07) is 24.7. The van der Waals surface area contributed by atoms with Crippen molar-refractivity contribution in [2.45, 2.75) is 20.8 Å². The summed E-state index contributed by atoms with van der Waals surface area (Å²) < 4.78 is 1.66. The lowest BCUT2D eigenvalue weighted by molar-refractivity contribution is -0.384. The number of hydrogen-bond donors (Lipinski definition) is 1. The predicted octanol–water partition coefficient (Wildman–Crippen LogP) is 5.49. The molecule has 2 amide bonds. The molecule has 38 heavy (non-hydrogen) atoms. The van der Waals surface area contributed by atoms with Crippen LogP contribution >= 0.6 is 0 Å². The van der Waals surface area contributed by atoms with Crippen LogP contribution in [0.5, 0.6) is 0 Å². The van der Waals surface area contributed by atoms with Gasteiger partial charge in [-0.15, -0.1) is 0 Å². The molecule has 1 aromatic heterocycles.